The molecule has 7 heteroatoms. The molecule has 0 radical (unpaired) electrons. The second-order valence-corrected chi connectivity index (χ2v) is 6.90. The minimum atomic E-state index is -1.01. The van der Waals surface area contributed by atoms with Crippen LogP contribution < -0.4 is 4.74 Å². The zero-order valence-corrected chi connectivity index (χ0v) is 14.0. The van der Waals surface area contributed by atoms with Crippen molar-refractivity contribution in [2.24, 2.45) is 5.92 Å². The van der Waals surface area contributed by atoms with Gasteiger partial charge in [0.2, 0.25) is 0 Å². The first kappa shape index (κ1) is 18.0. The van der Waals surface area contributed by atoms with Crippen LogP contribution >= 0.6 is 0 Å². The number of amides is 1. The fourth-order valence-corrected chi connectivity index (χ4v) is 2.30. The van der Waals surface area contributed by atoms with Crippen LogP contribution in [0.3, 0.4) is 0 Å². The Morgan fingerprint density at radius 3 is 2.54 bits per heavy atom. The molecule has 1 amide bonds. The lowest BCUT2D eigenvalue weighted by atomic mass is 10.0. The van der Waals surface area contributed by atoms with Crippen molar-refractivity contribution in [2.75, 3.05) is 19.7 Å². The summed E-state index contributed by atoms with van der Waals surface area (Å²) in [6.07, 6.45) is -0.590. The largest absolute Gasteiger partial charge is 0.490 e. The van der Waals surface area contributed by atoms with Gasteiger partial charge in [-0.1, -0.05) is 6.07 Å². The van der Waals surface area contributed by atoms with E-state index in [2.05, 4.69) is 0 Å². The fourth-order valence-electron chi connectivity index (χ4n) is 2.30. The summed E-state index contributed by atoms with van der Waals surface area (Å²) in [6, 6.07) is 4.12. The van der Waals surface area contributed by atoms with E-state index < -0.39 is 17.4 Å². The lowest BCUT2D eigenvalue weighted by Gasteiger charge is -2.39. The van der Waals surface area contributed by atoms with E-state index in [4.69, 9.17) is 14.6 Å². The van der Waals surface area contributed by atoms with Crippen LogP contribution in [0.2, 0.25) is 0 Å². The standard InChI is InChI=1S/C17H22FNO5/c1-17(2,3)24-16(22)19-8-12(9-19)10-23-14-5-4-11(6-13(14)18)7-15(20)21/h4-6,12H,7-10H2,1-3H3,(H,20,21). The molecule has 0 aliphatic carbocycles. The first-order chi connectivity index (χ1) is 11.1. The van der Waals surface area contributed by atoms with E-state index in [1.807, 2.05) is 20.8 Å². The van der Waals surface area contributed by atoms with Gasteiger partial charge in [0.25, 0.3) is 0 Å². The highest BCUT2D eigenvalue weighted by Gasteiger charge is 2.34. The number of carboxylic acid groups (broad SMARTS) is 1. The zero-order chi connectivity index (χ0) is 17.9. The minimum Gasteiger partial charge on any atom is -0.490 e. The number of nitrogens with zero attached hydrogens (tertiary/aromatic N) is 1. The summed E-state index contributed by atoms with van der Waals surface area (Å²) in [4.78, 5) is 24.0. The number of halogens is 1. The Kier molecular flexibility index (Phi) is 5.31. The first-order valence-corrected chi connectivity index (χ1v) is 7.75. The molecule has 132 valence electrons. The van der Waals surface area contributed by atoms with Gasteiger partial charge >= 0.3 is 12.1 Å². The third kappa shape index (κ3) is 5.11. The van der Waals surface area contributed by atoms with E-state index in [0.717, 1.165) is 6.07 Å². The summed E-state index contributed by atoms with van der Waals surface area (Å²) in [6.45, 7) is 6.72. The number of benzene rings is 1. The third-order valence-corrected chi connectivity index (χ3v) is 3.44. The second-order valence-electron chi connectivity index (χ2n) is 6.90. The summed E-state index contributed by atoms with van der Waals surface area (Å²) in [7, 11) is 0. The Balaban J connectivity index is 1.78. The number of carbonyl (C=O) groups excluding carboxylic acids is 1. The van der Waals surface area contributed by atoms with E-state index in [-0.39, 0.29) is 30.8 Å². The van der Waals surface area contributed by atoms with E-state index >= 15 is 0 Å². The van der Waals surface area contributed by atoms with Crippen LogP contribution in [-0.4, -0.2) is 47.4 Å². The van der Waals surface area contributed by atoms with Crippen LogP contribution in [0.1, 0.15) is 26.3 Å². The van der Waals surface area contributed by atoms with Gasteiger partial charge in [0, 0.05) is 19.0 Å². The topological polar surface area (TPSA) is 76.1 Å². The smallest absolute Gasteiger partial charge is 0.410 e. The van der Waals surface area contributed by atoms with Gasteiger partial charge in [-0.25, -0.2) is 9.18 Å². The van der Waals surface area contributed by atoms with E-state index in [1.54, 1.807) is 4.90 Å². The minimum absolute atomic E-state index is 0.0832. The molecule has 1 saturated heterocycles. The number of hydrogen-bond acceptors (Lipinski definition) is 4. The van der Waals surface area contributed by atoms with E-state index in [9.17, 15) is 14.0 Å². The monoisotopic (exact) mass is 339 g/mol. The van der Waals surface area contributed by atoms with Crippen LogP contribution in [0.25, 0.3) is 0 Å². The number of carboxylic acids is 1. The van der Waals surface area contributed by atoms with Crippen LogP contribution in [0.4, 0.5) is 9.18 Å². The SMILES string of the molecule is CC(C)(C)OC(=O)N1CC(COc2ccc(CC(=O)O)cc2F)C1. The molecule has 1 aromatic carbocycles. The van der Waals surface area contributed by atoms with Crippen molar-refractivity contribution in [3.63, 3.8) is 0 Å². The van der Waals surface area contributed by atoms with Gasteiger partial charge < -0.3 is 19.5 Å². The number of hydrogen-bond donors (Lipinski definition) is 1. The Morgan fingerprint density at radius 2 is 2.00 bits per heavy atom. The van der Waals surface area contributed by atoms with Crippen molar-refractivity contribution in [1.29, 1.82) is 0 Å². The predicted molar refractivity (Wildman–Crippen MR) is 84.5 cm³/mol. The van der Waals surface area contributed by atoms with Gasteiger partial charge in [0.05, 0.1) is 13.0 Å². The molecule has 1 aliphatic rings. The molecule has 2 rings (SSSR count). The van der Waals surface area contributed by atoms with E-state index in [1.165, 1.54) is 12.1 Å². The molecule has 24 heavy (non-hydrogen) atoms. The van der Waals surface area contributed by atoms with E-state index in [0.29, 0.717) is 18.7 Å². The number of carbonyl (C=O) groups is 2. The highest BCUT2D eigenvalue weighted by molar-refractivity contribution is 5.70. The molecule has 1 fully saturated rings. The van der Waals surface area contributed by atoms with Gasteiger partial charge in [-0.3, -0.25) is 4.79 Å². The molecule has 0 saturated carbocycles. The summed E-state index contributed by atoms with van der Waals surface area (Å²) in [5.74, 6) is -1.40. The molecule has 1 N–H and O–H groups in total. The summed E-state index contributed by atoms with van der Waals surface area (Å²) in [5.41, 5.74) is -0.147. The maximum Gasteiger partial charge on any atom is 0.410 e. The molecule has 0 spiro atoms. The lowest BCUT2D eigenvalue weighted by molar-refractivity contribution is -0.136. The average Bonchev–Trinajstić information content (AvgIpc) is 2.36. The van der Waals surface area contributed by atoms with Gasteiger partial charge in [-0.05, 0) is 38.5 Å². The summed E-state index contributed by atoms with van der Waals surface area (Å²) >= 11 is 0. The zero-order valence-electron chi connectivity index (χ0n) is 14.0. The maximum atomic E-state index is 13.9. The van der Waals surface area contributed by atoms with Crippen LogP contribution in [-0.2, 0) is 16.0 Å². The molecule has 1 heterocycles. The Labute approximate surface area is 140 Å². The quantitative estimate of drug-likeness (QED) is 0.892. The molecular formula is C17H22FNO5. The third-order valence-electron chi connectivity index (χ3n) is 3.44. The molecule has 0 bridgehead atoms. The molecule has 0 atom stereocenters. The van der Waals surface area contributed by atoms with Crippen molar-refractivity contribution in [2.45, 2.75) is 32.8 Å². The molecule has 0 unspecified atom stereocenters. The second kappa shape index (κ2) is 7.07. The van der Waals surface area contributed by atoms with Crippen LogP contribution in [0.5, 0.6) is 5.75 Å². The van der Waals surface area contributed by atoms with Crippen molar-refractivity contribution in [1.82, 2.24) is 4.90 Å². The Bertz CT molecular complexity index is 620. The van der Waals surface area contributed by atoms with Gasteiger partial charge in [-0.2, -0.15) is 0 Å². The average molecular weight is 339 g/mol. The van der Waals surface area contributed by atoms with Crippen molar-refractivity contribution < 1.29 is 28.6 Å². The van der Waals surface area contributed by atoms with Crippen LogP contribution in [0, 0.1) is 11.7 Å². The van der Waals surface area contributed by atoms with Gasteiger partial charge in [0.15, 0.2) is 11.6 Å². The predicted octanol–water partition coefficient (Wildman–Crippen LogP) is 2.70. The molecule has 1 aliphatic heterocycles. The van der Waals surface area contributed by atoms with Crippen molar-refractivity contribution >= 4 is 12.1 Å². The molecule has 6 nitrogen and oxygen atoms in total. The van der Waals surface area contributed by atoms with Crippen LogP contribution in [0.15, 0.2) is 18.2 Å². The number of likely N-dealkylation sites (tertiary alicyclic amines) is 1. The first-order valence-electron chi connectivity index (χ1n) is 7.75. The number of ether oxygens (including phenoxy) is 2. The molecular weight excluding hydrogens is 317 g/mol. The number of rotatable bonds is 5. The molecule has 1 aromatic rings. The maximum absolute atomic E-state index is 13.9. The van der Waals surface area contributed by atoms with Crippen molar-refractivity contribution in [3.8, 4) is 5.75 Å². The highest BCUT2D eigenvalue weighted by Crippen LogP contribution is 2.23. The summed E-state index contributed by atoms with van der Waals surface area (Å²) in [5, 5.41) is 8.69. The van der Waals surface area contributed by atoms with Gasteiger partial charge in [-0.15, -0.1) is 0 Å². The lowest BCUT2D eigenvalue weighted by Crippen LogP contribution is -2.53. The van der Waals surface area contributed by atoms with Crippen molar-refractivity contribution in [3.05, 3.63) is 29.6 Å². The summed E-state index contributed by atoms with van der Waals surface area (Å²) < 4.78 is 24.5. The molecule has 0 aromatic heterocycles. The highest BCUT2D eigenvalue weighted by atomic mass is 19.1. The normalized spacial score (nSPS) is 14.9. The Hall–Kier alpha value is -2.31. The Morgan fingerprint density at radius 1 is 1.33 bits per heavy atom. The number of aliphatic carboxylic acids is 1. The fraction of sp³-hybridized carbons (Fsp3) is 0.529. The van der Waals surface area contributed by atoms with Gasteiger partial charge in [0.1, 0.15) is 5.60 Å².